The van der Waals surface area contributed by atoms with Crippen molar-refractivity contribution in [1.82, 2.24) is 30.0 Å². The Kier molecular flexibility index (Phi) is 22.1. The zero-order valence-electron chi connectivity index (χ0n) is 45.6. The van der Waals surface area contributed by atoms with E-state index in [0.717, 1.165) is 101 Å². The Bertz CT molecular complexity index is 2780. The van der Waals surface area contributed by atoms with Gasteiger partial charge in [-0.25, -0.2) is 9.59 Å². The van der Waals surface area contributed by atoms with Crippen LogP contribution >= 0.6 is 23.2 Å². The molecule has 0 radical (unpaired) electrons. The number of methoxy groups -OCH3 is 2. The fourth-order valence-corrected chi connectivity index (χ4v) is 11.2. The minimum Gasteiger partial charge on any atom is -0.494 e. The maximum atomic E-state index is 13.1. The van der Waals surface area contributed by atoms with Crippen LogP contribution in [0, 0.1) is 0 Å². The first-order valence-electron chi connectivity index (χ1n) is 28.0. The van der Waals surface area contributed by atoms with Gasteiger partial charge in [-0.1, -0.05) is 87.0 Å². The molecular weight excluding hydrogens is 1020 g/mol. The van der Waals surface area contributed by atoms with Crippen LogP contribution in [0.3, 0.4) is 0 Å². The van der Waals surface area contributed by atoms with Crippen LogP contribution in [0.1, 0.15) is 124 Å². The van der Waals surface area contributed by atoms with Crippen molar-refractivity contribution in [1.29, 1.82) is 0 Å². The Morgan fingerprint density at radius 3 is 1.48 bits per heavy atom. The van der Waals surface area contributed by atoms with Gasteiger partial charge in [-0.2, -0.15) is 0 Å². The van der Waals surface area contributed by atoms with Crippen molar-refractivity contribution in [2.24, 2.45) is 0 Å². The summed E-state index contributed by atoms with van der Waals surface area (Å²) in [4.78, 5) is 39.5. The largest absolute Gasteiger partial charge is 0.494 e. The molecule has 2 atom stereocenters. The number of hydrogen-bond donors (Lipinski definition) is 3. The lowest BCUT2D eigenvalue weighted by atomic mass is 9.92. The molecule has 4 aromatic carbocycles. The number of fused-ring (bicyclic) bond motifs is 6. The monoisotopic (exact) mass is 1090 g/mol. The summed E-state index contributed by atoms with van der Waals surface area (Å²) in [7, 11) is 3.19. The summed E-state index contributed by atoms with van der Waals surface area (Å²) in [5, 5.41) is 7.07. The number of halogens is 2. The number of nitrogens with one attached hydrogen (secondary N) is 3. The second-order valence-corrected chi connectivity index (χ2v) is 21.5. The third-order valence-electron chi connectivity index (χ3n) is 14.8. The third-order valence-corrected chi connectivity index (χ3v) is 15.3. The molecule has 416 valence electrons. The highest BCUT2D eigenvalue weighted by molar-refractivity contribution is 6.31. The van der Waals surface area contributed by atoms with E-state index in [4.69, 9.17) is 51.6 Å². The van der Waals surface area contributed by atoms with E-state index >= 15 is 0 Å². The number of amides is 2. The maximum Gasteiger partial charge on any atom is 0.410 e. The molecule has 77 heavy (non-hydrogen) atoms. The highest BCUT2D eigenvalue weighted by Gasteiger charge is 2.37. The Hall–Kier alpha value is -5.48. The lowest BCUT2D eigenvalue weighted by molar-refractivity contribution is 0.0626. The number of unbranched alkanes of at least 4 members (excludes halogenated alkanes) is 6. The molecule has 0 aliphatic carbocycles. The highest BCUT2D eigenvalue weighted by Crippen LogP contribution is 2.42. The van der Waals surface area contributed by atoms with Crippen molar-refractivity contribution < 1.29 is 38.0 Å². The number of ether oxygens (including phenoxy) is 6. The summed E-state index contributed by atoms with van der Waals surface area (Å²) in [6.45, 7) is 12.9. The predicted octanol–water partition coefficient (Wildman–Crippen LogP) is 13.1. The van der Waals surface area contributed by atoms with E-state index in [2.05, 4.69) is 46.2 Å². The molecule has 2 aromatic heterocycles. The van der Waals surface area contributed by atoms with E-state index in [0.29, 0.717) is 49.0 Å². The van der Waals surface area contributed by atoms with Crippen LogP contribution in [-0.4, -0.2) is 136 Å². The summed E-state index contributed by atoms with van der Waals surface area (Å²) in [6, 6.07) is 27.9. The zero-order valence-corrected chi connectivity index (χ0v) is 47.2. The Morgan fingerprint density at radius 2 is 1.03 bits per heavy atom. The standard InChI is InChI=1S/C31H40ClN3O4.C30H40ClN3O4/c1-37-20-21-39-31(36)35-18-14-26-27-22-24(32)10-13-28(27)33-29(26)30(35)23-8-11-25(12-9-23)38-19-7-3-2-4-15-34-16-5-6-17-34;1-21(2)32-15-6-4-5-7-17-37-24-11-8-22(9-12-24)29-28-25(26-20-23(31)10-13-27(26)33-28)14-16-34(29)30(35)38-19-18-36-3/h8-13,22,30,33H,2-7,14-21H2,1H3;8-13,20-21,29,32-33H,4-7,14-19H2,1-3H3. The van der Waals surface area contributed by atoms with Crippen molar-refractivity contribution in [2.75, 3.05) is 93.1 Å². The summed E-state index contributed by atoms with van der Waals surface area (Å²) in [5.74, 6) is 1.69. The number of nitrogens with zero attached hydrogens (tertiary/aromatic N) is 3. The Labute approximate surface area is 465 Å². The number of H-pyrrole nitrogens is 2. The van der Waals surface area contributed by atoms with E-state index in [1.807, 2.05) is 72.8 Å². The summed E-state index contributed by atoms with van der Waals surface area (Å²) < 4.78 is 33.2. The number of carbonyl (C=O) groups excluding carboxylic acids is 2. The number of rotatable bonds is 25. The molecule has 1 saturated heterocycles. The van der Waals surface area contributed by atoms with Crippen LogP contribution in [0.2, 0.25) is 10.0 Å². The van der Waals surface area contributed by atoms with Gasteiger partial charge in [-0.15, -0.1) is 0 Å². The van der Waals surface area contributed by atoms with Crippen molar-refractivity contribution in [3.63, 3.8) is 0 Å². The zero-order chi connectivity index (χ0) is 53.9. The van der Waals surface area contributed by atoms with Crippen LogP contribution in [0.15, 0.2) is 84.9 Å². The second-order valence-electron chi connectivity index (χ2n) is 20.6. The van der Waals surface area contributed by atoms with Crippen LogP contribution in [0.25, 0.3) is 21.8 Å². The molecule has 16 heteroatoms. The van der Waals surface area contributed by atoms with E-state index in [-0.39, 0.29) is 37.5 Å². The van der Waals surface area contributed by atoms with Gasteiger partial charge in [0.1, 0.15) is 36.8 Å². The molecule has 0 spiro atoms. The van der Waals surface area contributed by atoms with Gasteiger partial charge < -0.3 is 48.6 Å². The molecule has 3 aliphatic rings. The highest BCUT2D eigenvalue weighted by atomic mass is 35.5. The van der Waals surface area contributed by atoms with Gasteiger partial charge in [0.2, 0.25) is 0 Å². The number of likely N-dealkylation sites (tertiary alicyclic amines) is 1. The fourth-order valence-electron chi connectivity index (χ4n) is 10.8. The van der Waals surface area contributed by atoms with Gasteiger partial charge in [0.15, 0.2) is 0 Å². The van der Waals surface area contributed by atoms with Crippen molar-refractivity contribution >= 4 is 57.2 Å². The van der Waals surface area contributed by atoms with E-state index in [1.165, 1.54) is 75.7 Å². The molecule has 0 saturated carbocycles. The molecule has 2 unspecified atom stereocenters. The average Bonchev–Trinajstić information content (AvgIpc) is 4.21. The molecule has 2 amide bonds. The summed E-state index contributed by atoms with van der Waals surface area (Å²) >= 11 is 12.6. The normalized spacial score (nSPS) is 16.4. The van der Waals surface area contributed by atoms with Gasteiger partial charge in [-0.05, 0) is 160 Å². The summed E-state index contributed by atoms with van der Waals surface area (Å²) in [5.41, 5.74) is 8.43. The number of aromatic amines is 2. The second kappa shape index (κ2) is 29.5. The van der Waals surface area contributed by atoms with E-state index in [9.17, 15) is 9.59 Å². The molecule has 1 fully saturated rings. The number of aromatic nitrogens is 2. The molecule has 0 bridgehead atoms. The predicted molar refractivity (Wildman–Crippen MR) is 307 cm³/mol. The fraction of sp³-hybridized carbons (Fsp3) is 0.508. The van der Waals surface area contributed by atoms with E-state index < -0.39 is 0 Å². The van der Waals surface area contributed by atoms with Gasteiger partial charge >= 0.3 is 12.2 Å². The molecule has 3 aliphatic heterocycles. The first kappa shape index (κ1) is 57.7. The molecule has 6 aromatic rings. The van der Waals surface area contributed by atoms with Crippen LogP contribution < -0.4 is 14.8 Å². The molecule has 14 nitrogen and oxygen atoms in total. The van der Waals surface area contributed by atoms with Gasteiger partial charge in [0.05, 0.1) is 26.4 Å². The Morgan fingerprint density at radius 1 is 0.571 bits per heavy atom. The van der Waals surface area contributed by atoms with Gasteiger partial charge in [-0.3, -0.25) is 9.80 Å². The van der Waals surface area contributed by atoms with Crippen molar-refractivity contribution in [3.8, 4) is 11.5 Å². The van der Waals surface area contributed by atoms with E-state index in [1.54, 1.807) is 24.0 Å². The number of hydrogen-bond acceptors (Lipinski definition) is 10. The lowest BCUT2D eigenvalue weighted by Gasteiger charge is -2.35. The van der Waals surface area contributed by atoms with Crippen LogP contribution in [-0.2, 0) is 31.8 Å². The topological polar surface area (TPSA) is 143 Å². The molecule has 3 N–H and O–H groups in total. The Balaban J connectivity index is 0.000000204. The molecule has 5 heterocycles. The van der Waals surface area contributed by atoms with Crippen LogP contribution in [0.5, 0.6) is 11.5 Å². The molecule has 9 rings (SSSR count). The number of carbonyl (C=O) groups is 2. The quantitative estimate of drug-likeness (QED) is 0.0474. The third kappa shape index (κ3) is 15.9. The number of benzene rings is 4. The van der Waals surface area contributed by atoms with Gasteiger partial charge in [0, 0.05) is 76.6 Å². The minimum absolute atomic E-state index is 0.217. The van der Waals surface area contributed by atoms with Crippen molar-refractivity contribution in [2.45, 2.75) is 109 Å². The first-order chi connectivity index (χ1) is 37.6. The van der Waals surface area contributed by atoms with Crippen LogP contribution in [0.4, 0.5) is 9.59 Å². The molecular formula is C61H80Cl2N6O8. The lowest BCUT2D eigenvalue weighted by Crippen LogP contribution is -2.41. The smallest absolute Gasteiger partial charge is 0.410 e. The minimum atomic E-state index is -0.349. The van der Waals surface area contributed by atoms with Crippen molar-refractivity contribution in [3.05, 3.63) is 129 Å². The maximum absolute atomic E-state index is 13.1. The first-order valence-corrected chi connectivity index (χ1v) is 28.7. The average molecular weight is 1100 g/mol. The van der Waals surface area contributed by atoms with Gasteiger partial charge in [0.25, 0.3) is 0 Å². The SMILES string of the molecule is COCCOC(=O)N1CCc2c([nH]c3ccc(Cl)cc23)C1c1ccc(OCCCCCCN2CCCC2)cc1.COCCOC(=O)N1CCc2c([nH]c3ccc(Cl)cc23)C1c1ccc(OCCCCCCNC(C)C)cc1. The summed E-state index contributed by atoms with van der Waals surface area (Å²) in [6.07, 6.45) is 12.9.